The number of hydrogen-bond donors (Lipinski definition) is 0. The molecule has 0 saturated carbocycles. The van der Waals surface area contributed by atoms with Crippen molar-refractivity contribution >= 4 is 11.9 Å². The number of carbonyl (C=O) groups excluding carboxylic acids is 2. The van der Waals surface area contributed by atoms with Crippen LogP contribution in [0.2, 0.25) is 0 Å². The first-order valence-corrected chi connectivity index (χ1v) is 5.90. The predicted octanol–water partition coefficient (Wildman–Crippen LogP) is 2.31. The first kappa shape index (κ1) is 16.0. The normalized spacial score (nSPS) is 10.5. The van der Waals surface area contributed by atoms with Crippen molar-refractivity contribution in [2.24, 2.45) is 0 Å². The van der Waals surface area contributed by atoms with E-state index in [2.05, 4.69) is 9.47 Å². The van der Waals surface area contributed by atoms with Crippen molar-refractivity contribution in [3.8, 4) is 0 Å². The van der Waals surface area contributed by atoms with E-state index in [0.29, 0.717) is 6.07 Å². The van der Waals surface area contributed by atoms with Crippen molar-refractivity contribution in [2.45, 2.75) is 19.8 Å². The summed E-state index contributed by atoms with van der Waals surface area (Å²) in [5, 5.41) is 0. The third kappa shape index (κ3) is 3.49. The zero-order chi connectivity index (χ0) is 15.3. The number of ether oxygens (including phenoxy) is 2. The predicted molar refractivity (Wildman–Crippen MR) is 62.3 cm³/mol. The third-order valence-electron chi connectivity index (χ3n) is 2.40. The Labute approximate surface area is 113 Å². The molecule has 4 nitrogen and oxygen atoms in total. The van der Waals surface area contributed by atoms with Crippen LogP contribution in [0, 0.1) is 17.5 Å². The zero-order valence-electron chi connectivity index (χ0n) is 10.9. The molecule has 7 heteroatoms. The molecule has 1 rings (SSSR count). The van der Waals surface area contributed by atoms with Crippen LogP contribution in [0.4, 0.5) is 13.2 Å². The second kappa shape index (κ2) is 6.93. The van der Waals surface area contributed by atoms with E-state index in [1.54, 1.807) is 0 Å². The van der Waals surface area contributed by atoms with Gasteiger partial charge in [0.1, 0.15) is 5.82 Å². The summed E-state index contributed by atoms with van der Waals surface area (Å²) in [6.45, 7) is 2.86. The van der Waals surface area contributed by atoms with Gasteiger partial charge < -0.3 is 9.47 Å². The number of rotatable bonds is 5. The summed E-state index contributed by atoms with van der Waals surface area (Å²) in [5.41, 5.74) is -0.624. The molecule has 1 aromatic carbocycles. The topological polar surface area (TPSA) is 52.6 Å². The molecule has 0 fully saturated rings. The number of esters is 2. The van der Waals surface area contributed by atoms with Gasteiger partial charge in [0.2, 0.25) is 0 Å². The highest BCUT2D eigenvalue weighted by Crippen LogP contribution is 2.25. The molecule has 0 aliphatic carbocycles. The minimum atomic E-state index is -1.79. The Kier molecular flexibility index (Phi) is 5.54. The van der Waals surface area contributed by atoms with Gasteiger partial charge in [0.15, 0.2) is 17.6 Å². The Hall–Kier alpha value is -2.05. The lowest BCUT2D eigenvalue weighted by Gasteiger charge is -2.15. The molecule has 20 heavy (non-hydrogen) atoms. The Morgan fingerprint density at radius 3 is 1.85 bits per heavy atom. The lowest BCUT2D eigenvalue weighted by molar-refractivity contribution is -0.157. The van der Waals surface area contributed by atoms with Gasteiger partial charge in [-0.15, -0.1) is 0 Å². The molecule has 0 radical (unpaired) electrons. The van der Waals surface area contributed by atoms with Crippen LogP contribution in [0.15, 0.2) is 12.1 Å². The second-order valence-electron chi connectivity index (χ2n) is 3.72. The average Bonchev–Trinajstić information content (AvgIpc) is 2.36. The van der Waals surface area contributed by atoms with Gasteiger partial charge >= 0.3 is 11.9 Å². The monoisotopic (exact) mass is 290 g/mol. The van der Waals surface area contributed by atoms with Gasteiger partial charge in [-0.05, 0) is 19.9 Å². The molecule has 0 amide bonds. The molecule has 0 atom stereocenters. The van der Waals surface area contributed by atoms with E-state index in [-0.39, 0.29) is 19.3 Å². The van der Waals surface area contributed by atoms with E-state index >= 15 is 0 Å². The summed E-state index contributed by atoms with van der Waals surface area (Å²) >= 11 is 0. The van der Waals surface area contributed by atoms with Crippen LogP contribution in [0.1, 0.15) is 25.3 Å². The van der Waals surface area contributed by atoms with Gasteiger partial charge in [0.05, 0.1) is 13.2 Å². The minimum Gasteiger partial charge on any atom is -0.465 e. The Balaban J connectivity index is 3.26. The van der Waals surface area contributed by atoms with E-state index < -0.39 is 40.9 Å². The van der Waals surface area contributed by atoms with E-state index in [1.807, 2.05) is 0 Å². The quantitative estimate of drug-likeness (QED) is 0.474. The molecule has 110 valence electrons. The molecule has 0 saturated heterocycles. The van der Waals surface area contributed by atoms with Crippen LogP contribution in [-0.2, 0) is 19.1 Å². The Morgan fingerprint density at radius 1 is 0.950 bits per heavy atom. The molecule has 0 unspecified atom stereocenters. The fourth-order valence-electron chi connectivity index (χ4n) is 1.56. The van der Waals surface area contributed by atoms with Gasteiger partial charge in [-0.3, -0.25) is 9.59 Å². The molecule has 0 aliphatic heterocycles. The smallest absolute Gasteiger partial charge is 0.325 e. The first-order valence-electron chi connectivity index (χ1n) is 5.90. The van der Waals surface area contributed by atoms with Gasteiger partial charge in [-0.25, -0.2) is 13.2 Å². The summed E-state index contributed by atoms with van der Waals surface area (Å²) < 4.78 is 49.0. The molecule has 0 bridgehead atoms. The van der Waals surface area contributed by atoms with Crippen LogP contribution < -0.4 is 0 Å². The van der Waals surface area contributed by atoms with Gasteiger partial charge in [0, 0.05) is 11.6 Å². The standard InChI is InChI=1S/C13H13F3O4/c1-3-19-12(17)11(13(18)20-4-2)7-5-9(15)10(16)6-8(7)14/h5-6,11H,3-4H2,1-2H3. The lowest BCUT2D eigenvalue weighted by atomic mass is 9.98. The first-order chi connectivity index (χ1) is 9.42. The van der Waals surface area contributed by atoms with E-state index in [1.165, 1.54) is 13.8 Å². The van der Waals surface area contributed by atoms with Crippen LogP contribution in [-0.4, -0.2) is 25.2 Å². The fourth-order valence-corrected chi connectivity index (χ4v) is 1.56. The van der Waals surface area contributed by atoms with Gasteiger partial charge in [-0.1, -0.05) is 0 Å². The summed E-state index contributed by atoms with van der Waals surface area (Å²) in [7, 11) is 0. The Morgan fingerprint density at radius 2 is 1.40 bits per heavy atom. The third-order valence-corrected chi connectivity index (χ3v) is 2.40. The maximum Gasteiger partial charge on any atom is 0.325 e. The van der Waals surface area contributed by atoms with Crippen molar-refractivity contribution in [3.05, 3.63) is 35.1 Å². The molecular formula is C13H13F3O4. The largest absolute Gasteiger partial charge is 0.465 e. The highest BCUT2D eigenvalue weighted by molar-refractivity contribution is 6.00. The molecule has 0 aromatic heterocycles. The second-order valence-corrected chi connectivity index (χ2v) is 3.72. The van der Waals surface area contributed by atoms with Gasteiger partial charge in [0.25, 0.3) is 0 Å². The summed E-state index contributed by atoms with van der Waals surface area (Å²) in [4.78, 5) is 23.4. The maximum absolute atomic E-state index is 13.7. The van der Waals surface area contributed by atoms with Crippen molar-refractivity contribution < 1.29 is 32.2 Å². The number of hydrogen-bond acceptors (Lipinski definition) is 4. The maximum atomic E-state index is 13.7. The lowest BCUT2D eigenvalue weighted by Crippen LogP contribution is -2.27. The number of carbonyl (C=O) groups is 2. The molecular weight excluding hydrogens is 277 g/mol. The highest BCUT2D eigenvalue weighted by atomic mass is 19.2. The molecule has 0 heterocycles. The van der Waals surface area contributed by atoms with E-state index in [9.17, 15) is 22.8 Å². The average molecular weight is 290 g/mol. The van der Waals surface area contributed by atoms with E-state index in [0.717, 1.165) is 0 Å². The van der Waals surface area contributed by atoms with Crippen LogP contribution in [0.5, 0.6) is 0 Å². The van der Waals surface area contributed by atoms with Gasteiger partial charge in [-0.2, -0.15) is 0 Å². The Bertz CT molecular complexity index is 499. The summed E-state index contributed by atoms with van der Waals surface area (Å²) in [6.07, 6.45) is 0. The highest BCUT2D eigenvalue weighted by Gasteiger charge is 2.34. The zero-order valence-corrected chi connectivity index (χ0v) is 10.9. The molecule has 0 N–H and O–H groups in total. The number of benzene rings is 1. The van der Waals surface area contributed by atoms with Crippen LogP contribution in [0.3, 0.4) is 0 Å². The molecule has 0 aliphatic rings. The summed E-state index contributed by atoms with van der Waals surface area (Å²) in [6, 6.07) is 0.708. The minimum absolute atomic E-state index is 0.0555. The van der Waals surface area contributed by atoms with Crippen LogP contribution in [0.25, 0.3) is 0 Å². The van der Waals surface area contributed by atoms with Crippen LogP contribution >= 0.6 is 0 Å². The fraction of sp³-hybridized carbons (Fsp3) is 0.385. The van der Waals surface area contributed by atoms with Crippen molar-refractivity contribution in [3.63, 3.8) is 0 Å². The summed E-state index contributed by atoms with van der Waals surface area (Å²) in [5.74, 6) is -7.98. The SMILES string of the molecule is CCOC(=O)C(C(=O)OCC)c1cc(F)c(F)cc1F. The van der Waals surface area contributed by atoms with E-state index in [4.69, 9.17) is 0 Å². The van der Waals surface area contributed by atoms with Crippen molar-refractivity contribution in [1.82, 2.24) is 0 Å². The molecule has 1 aromatic rings. The molecule has 0 spiro atoms. The number of halogens is 3. The van der Waals surface area contributed by atoms with Crippen molar-refractivity contribution in [2.75, 3.05) is 13.2 Å². The van der Waals surface area contributed by atoms with Crippen molar-refractivity contribution in [1.29, 1.82) is 0 Å².